The minimum atomic E-state index is -4.57. The maximum absolute atomic E-state index is 13.0. The van der Waals surface area contributed by atoms with Gasteiger partial charge in [0.1, 0.15) is 11.3 Å². The van der Waals surface area contributed by atoms with Gasteiger partial charge >= 0.3 is 6.18 Å². The molecule has 0 fully saturated rings. The van der Waals surface area contributed by atoms with Crippen molar-refractivity contribution in [2.75, 3.05) is 0 Å². The fourth-order valence-corrected chi connectivity index (χ4v) is 3.89. The highest BCUT2D eigenvalue weighted by Gasteiger charge is 2.36. The molecule has 3 rings (SSSR count). The third kappa shape index (κ3) is 1.99. The van der Waals surface area contributed by atoms with Gasteiger partial charge in [-0.2, -0.15) is 13.2 Å². The van der Waals surface area contributed by atoms with E-state index in [0.29, 0.717) is 5.39 Å². The minimum absolute atomic E-state index is 0.0700. The van der Waals surface area contributed by atoms with Crippen LogP contribution >= 0.6 is 27.3 Å². The Morgan fingerprint density at radius 3 is 2.42 bits per heavy atom. The van der Waals surface area contributed by atoms with Crippen molar-refractivity contribution in [3.05, 3.63) is 40.4 Å². The number of phenolic OH excluding ortho intramolecular Hbond substituents is 1. The summed E-state index contributed by atoms with van der Waals surface area (Å²) in [4.78, 5) is 0. The monoisotopic (exact) mass is 346 g/mol. The molecule has 1 heterocycles. The molecule has 0 unspecified atom stereocenters. The Kier molecular flexibility index (Phi) is 2.76. The number of rotatable bonds is 0. The zero-order valence-corrected chi connectivity index (χ0v) is 11.7. The highest BCUT2D eigenvalue weighted by molar-refractivity contribution is 9.10. The van der Waals surface area contributed by atoms with Crippen LogP contribution in [0.3, 0.4) is 0 Å². The number of aromatic hydroxyl groups is 1. The smallest absolute Gasteiger partial charge is 0.421 e. The van der Waals surface area contributed by atoms with Crippen LogP contribution in [0.25, 0.3) is 20.2 Å². The maximum atomic E-state index is 13.0. The summed E-state index contributed by atoms with van der Waals surface area (Å²) in [6, 6.07) is 7.95. The van der Waals surface area contributed by atoms with Gasteiger partial charge in [0.15, 0.2) is 0 Å². The third-order valence-corrected chi connectivity index (χ3v) is 4.54. The first kappa shape index (κ1) is 12.7. The normalized spacial score (nSPS) is 12.4. The molecule has 0 aliphatic carbocycles. The Morgan fingerprint density at radius 2 is 1.74 bits per heavy atom. The molecule has 0 bridgehead atoms. The second-order valence-corrected chi connectivity index (χ2v) is 6.04. The Balaban J connectivity index is 2.50. The predicted molar refractivity (Wildman–Crippen MR) is 73.7 cm³/mol. The quantitative estimate of drug-likeness (QED) is 0.566. The van der Waals surface area contributed by atoms with Crippen LogP contribution in [0.1, 0.15) is 5.56 Å². The van der Waals surface area contributed by atoms with Gasteiger partial charge < -0.3 is 5.11 Å². The van der Waals surface area contributed by atoms with Crippen LogP contribution in [0.2, 0.25) is 0 Å². The topological polar surface area (TPSA) is 20.2 Å². The van der Waals surface area contributed by atoms with Crippen LogP contribution < -0.4 is 0 Å². The molecule has 19 heavy (non-hydrogen) atoms. The van der Waals surface area contributed by atoms with E-state index in [9.17, 15) is 18.3 Å². The van der Waals surface area contributed by atoms with E-state index < -0.39 is 17.5 Å². The molecule has 1 N–H and O–H groups in total. The van der Waals surface area contributed by atoms with E-state index in [1.54, 1.807) is 18.2 Å². The molecule has 1 nitrogen and oxygen atoms in total. The average Bonchev–Trinajstić information content (AvgIpc) is 2.63. The highest BCUT2D eigenvalue weighted by atomic mass is 79.9. The Hall–Kier alpha value is -1.27. The second-order valence-electron chi connectivity index (χ2n) is 4.08. The van der Waals surface area contributed by atoms with E-state index in [1.807, 2.05) is 0 Å². The van der Waals surface area contributed by atoms with Gasteiger partial charge in [-0.15, -0.1) is 11.3 Å². The molecule has 3 aromatic rings. The van der Waals surface area contributed by atoms with Crippen molar-refractivity contribution in [2.45, 2.75) is 6.18 Å². The Bertz CT molecular complexity index is 792. The van der Waals surface area contributed by atoms with Gasteiger partial charge in [0.05, 0.1) is 4.70 Å². The van der Waals surface area contributed by atoms with Crippen molar-refractivity contribution >= 4 is 47.4 Å². The largest absolute Gasteiger partial charge is 0.507 e. The van der Waals surface area contributed by atoms with Crippen LogP contribution in [0.15, 0.2) is 34.8 Å². The molecule has 0 aliphatic heterocycles. The SMILES string of the molecule is Oc1ccc2c(sc3cc(Br)ccc32)c1C(F)(F)F. The number of halogens is 4. The van der Waals surface area contributed by atoms with Gasteiger partial charge in [-0.05, 0) is 24.3 Å². The van der Waals surface area contributed by atoms with Gasteiger partial charge in [0, 0.05) is 19.9 Å². The summed E-state index contributed by atoms with van der Waals surface area (Å²) in [5.74, 6) is -0.731. The number of fused-ring (bicyclic) bond motifs is 3. The molecule has 0 amide bonds. The van der Waals surface area contributed by atoms with Gasteiger partial charge in [0.25, 0.3) is 0 Å². The highest BCUT2D eigenvalue weighted by Crippen LogP contribution is 2.46. The fourth-order valence-electron chi connectivity index (χ4n) is 2.08. The summed E-state index contributed by atoms with van der Waals surface area (Å²) in [6.45, 7) is 0. The lowest BCUT2D eigenvalue weighted by molar-refractivity contribution is -0.137. The van der Waals surface area contributed by atoms with E-state index in [2.05, 4.69) is 15.9 Å². The number of hydrogen-bond acceptors (Lipinski definition) is 2. The second kappa shape index (κ2) is 4.11. The van der Waals surface area contributed by atoms with Gasteiger partial charge in [-0.1, -0.05) is 22.0 Å². The summed E-state index contributed by atoms with van der Waals surface area (Å²) >= 11 is 4.33. The van der Waals surface area contributed by atoms with E-state index >= 15 is 0 Å². The molecule has 0 atom stereocenters. The molecule has 2 aromatic carbocycles. The lowest BCUT2D eigenvalue weighted by Crippen LogP contribution is -2.05. The predicted octanol–water partition coefficient (Wildman–Crippen LogP) is 5.54. The lowest BCUT2D eigenvalue weighted by atomic mass is 10.1. The van der Waals surface area contributed by atoms with Crippen molar-refractivity contribution in [3.8, 4) is 5.75 Å². The molecular formula is C13H6BrF3OS. The van der Waals surface area contributed by atoms with Gasteiger partial charge in [-0.3, -0.25) is 0 Å². The lowest BCUT2D eigenvalue weighted by Gasteiger charge is -2.09. The van der Waals surface area contributed by atoms with E-state index in [-0.39, 0.29) is 4.70 Å². The molecule has 1 aromatic heterocycles. The molecule has 0 saturated carbocycles. The molecular weight excluding hydrogens is 341 g/mol. The number of benzene rings is 2. The molecule has 98 valence electrons. The molecule has 0 radical (unpaired) electrons. The van der Waals surface area contributed by atoms with Crippen molar-refractivity contribution in [2.24, 2.45) is 0 Å². The number of alkyl halides is 3. The summed E-state index contributed by atoms with van der Waals surface area (Å²) in [5.41, 5.74) is -0.956. The first-order chi connectivity index (χ1) is 8.88. The summed E-state index contributed by atoms with van der Waals surface area (Å²) in [6.07, 6.45) is -4.57. The summed E-state index contributed by atoms with van der Waals surface area (Å²) < 4.78 is 40.7. The maximum Gasteiger partial charge on any atom is 0.421 e. The fraction of sp³-hybridized carbons (Fsp3) is 0.0769. The average molecular weight is 347 g/mol. The van der Waals surface area contributed by atoms with Crippen LogP contribution in [0, 0.1) is 0 Å². The van der Waals surface area contributed by atoms with Crippen LogP contribution in [0.5, 0.6) is 5.75 Å². The van der Waals surface area contributed by atoms with E-state index in [1.165, 1.54) is 6.07 Å². The molecule has 0 saturated heterocycles. The number of thiophene rings is 1. The third-order valence-electron chi connectivity index (χ3n) is 2.87. The summed E-state index contributed by atoms with van der Waals surface area (Å²) in [7, 11) is 0. The molecule has 6 heteroatoms. The van der Waals surface area contributed by atoms with Crippen molar-refractivity contribution in [1.29, 1.82) is 0 Å². The minimum Gasteiger partial charge on any atom is -0.507 e. The van der Waals surface area contributed by atoms with Crippen LogP contribution in [-0.4, -0.2) is 5.11 Å². The molecule has 0 aliphatic rings. The van der Waals surface area contributed by atoms with Crippen LogP contribution in [-0.2, 0) is 6.18 Å². The van der Waals surface area contributed by atoms with Gasteiger partial charge in [-0.25, -0.2) is 0 Å². The van der Waals surface area contributed by atoms with E-state index in [4.69, 9.17) is 0 Å². The first-order valence-electron chi connectivity index (χ1n) is 5.29. The van der Waals surface area contributed by atoms with Crippen molar-refractivity contribution in [3.63, 3.8) is 0 Å². The van der Waals surface area contributed by atoms with Gasteiger partial charge in [0.2, 0.25) is 0 Å². The zero-order valence-electron chi connectivity index (χ0n) is 9.25. The Morgan fingerprint density at radius 1 is 1.05 bits per heavy atom. The van der Waals surface area contributed by atoms with Crippen LogP contribution in [0.4, 0.5) is 13.2 Å². The standard InChI is InChI=1S/C13H6BrF3OS/c14-6-1-2-7-8-3-4-9(18)11(13(15,16)17)12(8)19-10(7)5-6/h1-5,18H. The molecule has 0 spiro atoms. The number of phenols is 1. The van der Waals surface area contributed by atoms with E-state index in [0.717, 1.165) is 32.0 Å². The van der Waals surface area contributed by atoms with Crippen molar-refractivity contribution in [1.82, 2.24) is 0 Å². The Labute approximate surface area is 118 Å². The zero-order chi connectivity index (χ0) is 13.8. The van der Waals surface area contributed by atoms with Crippen molar-refractivity contribution < 1.29 is 18.3 Å². The number of hydrogen-bond donors (Lipinski definition) is 1. The first-order valence-corrected chi connectivity index (χ1v) is 6.90. The summed E-state index contributed by atoms with van der Waals surface area (Å²) in [5, 5.41) is 10.8.